The molecule has 7 heteroatoms. The van der Waals surface area contributed by atoms with Gasteiger partial charge in [0.25, 0.3) is 0 Å². The molecule has 2 aromatic heterocycles. The van der Waals surface area contributed by atoms with Crippen LogP contribution in [0.2, 0.25) is 0 Å². The molecular formula is C21H21N3O4. The van der Waals surface area contributed by atoms with E-state index < -0.39 is 5.97 Å². The highest BCUT2D eigenvalue weighted by Crippen LogP contribution is 2.33. The Bertz CT molecular complexity index is 1040. The van der Waals surface area contributed by atoms with Gasteiger partial charge in [-0.1, -0.05) is 13.0 Å². The highest BCUT2D eigenvalue weighted by atomic mass is 16.7. The summed E-state index contributed by atoms with van der Waals surface area (Å²) in [5.41, 5.74) is 3.51. The zero-order valence-electron chi connectivity index (χ0n) is 15.8. The minimum absolute atomic E-state index is 0.236. The third-order valence-electron chi connectivity index (χ3n) is 4.43. The van der Waals surface area contributed by atoms with Gasteiger partial charge < -0.3 is 19.5 Å². The van der Waals surface area contributed by atoms with E-state index in [9.17, 15) is 4.79 Å². The third kappa shape index (κ3) is 3.55. The molecule has 4 rings (SSSR count). The van der Waals surface area contributed by atoms with Crippen LogP contribution in [0, 0.1) is 6.92 Å². The highest BCUT2D eigenvalue weighted by Gasteiger charge is 2.18. The predicted molar refractivity (Wildman–Crippen MR) is 105 cm³/mol. The van der Waals surface area contributed by atoms with Crippen LogP contribution in [0.15, 0.2) is 36.5 Å². The van der Waals surface area contributed by atoms with Crippen molar-refractivity contribution in [3.05, 3.63) is 53.3 Å². The first kappa shape index (κ1) is 18.0. The SMILES string of the molecule is CCCOC(=O)c1cnc2nc(C)ccc2c1NCc1ccc2c(c1)OCO2. The number of carbonyl (C=O) groups is 1. The van der Waals surface area contributed by atoms with Gasteiger partial charge in [-0.15, -0.1) is 0 Å². The number of hydrogen-bond donors (Lipinski definition) is 1. The summed E-state index contributed by atoms with van der Waals surface area (Å²) in [4.78, 5) is 21.3. The third-order valence-corrected chi connectivity index (χ3v) is 4.43. The molecule has 0 spiro atoms. The fourth-order valence-corrected chi connectivity index (χ4v) is 3.03. The van der Waals surface area contributed by atoms with E-state index in [4.69, 9.17) is 14.2 Å². The normalized spacial score (nSPS) is 12.2. The van der Waals surface area contributed by atoms with Crippen molar-refractivity contribution in [1.29, 1.82) is 0 Å². The van der Waals surface area contributed by atoms with E-state index in [-0.39, 0.29) is 6.79 Å². The lowest BCUT2D eigenvalue weighted by molar-refractivity contribution is 0.0506. The molecule has 0 radical (unpaired) electrons. The molecule has 1 aliphatic heterocycles. The largest absolute Gasteiger partial charge is 0.462 e. The number of carbonyl (C=O) groups excluding carboxylic acids is 1. The molecule has 0 amide bonds. The molecule has 7 nitrogen and oxygen atoms in total. The summed E-state index contributed by atoms with van der Waals surface area (Å²) in [6, 6.07) is 9.59. The van der Waals surface area contributed by atoms with Crippen LogP contribution in [0.1, 0.15) is 35.0 Å². The predicted octanol–water partition coefficient (Wildman–Crippen LogP) is 3.85. The van der Waals surface area contributed by atoms with Crippen molar-refractivity contribution >= 4 is 22.7 Å². The molecule has 3 aromatic rings. The standard InChI is InChI=1S/C21H21N3O4/c1-3-8-26-21(25)16-11-23-20-15(6-4-13(2)24-20)19(16)22-10-14-5-7-17-18(9-14)28-12-27-17/h4-7,9,11H,3,8,10,12H2,1-2H3,(H,22,23,24). The summed E-state index contributed by atoms with van der Waals surface area (Å²) in [7, 11) is 0. The molecule has 144 valence electrons. The van der Waals surface area contributed by atoms with Gasteiger partial charge in [-0.2, -0.15) is 0 Å². The Morgan fingerprint density at radius 1 is 1.21 bits per heavy atom. The summed E-state index contributed by atoms with van der Waals surface area (Å²) < 4.78 is 16.1. The van der Waals surface area contributed by atoms with Crippen molar-refractivity contribution in [3.63, 3.8) is 0 Å². The Morgan fingerprint density at radius 2 is 2.07 bits per heavy atom. The molecule has 0 unspecified atom stereocenters. The van der Waals surface area contributed by atoms with E-state index >= 15 is 0 Å². The van der Waals surface area contributed by atoms with Gasteiger partial charge >= 0.3 is 5.97 Å². The first-order chi connectivity index (χ1) is 13.7. The molecule has 3 heterocycles. The number of hydrogen-bond acceptors (Lipinski definition) is 7. The number of aryl methyl sites for hydroxylation is 1. The number of fused-ring (bicyclic) bond motifs is 2. The van der Waals surface area contributed by atoms with E-state index in [0.29, 0.717) is 30.0 Å². The number of ether oxygens (including phenoxy) is 3. The number of benzene rings is 1. The lowest BCUT2D eigenvalue weighted by Gasteiger charge is -2.14. The van der Waals surface area contributed by atoms with Gasteiger partial charge in [0.2, 0.25) is 6.79 Å². The monoisotopic (exact) mass is 379 g/mol. The van der Waals surface area contributed by atoms with Crippen LogP contribution in [0.25, 0.3) is 11.0 Å². The fourth-order valence-electron chi connectivity index (χ4n) is 3.03. The summed E-state index contributed by atoms with van der Waals surface area (Å²) >= 11 is 0. The molecule has 1 aliphatic rings. The van der Waals surface area contributed by atoms with Gasteiger partial charge in [0.1, 0.15) is 5.56 Å². The summed E-state index contributed by atoms with van der Waals surface area (Å²) in [5, 5.41) is 4.14. The molecule has 0 fully saturated rings. The second kappa shape index (κ2) is 7.72. The second-order valence-electron chi connectivity index (χ2n) is 6.55. The number of aromatic nitrogens is 2. The van der Waals surface area contributed by atoms with Crippen LogP contribution in [0.5, 0.6) is 11.5 Å². The number of nitrogens with zero attached hydrogens (tertiary/aromatic N) is 2. The van der Waals surface area contributed by atoms with Crippen LogP contribution in [-0.4, -0.2) is 29.3 Å². The van der Waals surface area contributed by atoms with Crippen molar-refractivity contribution in [2.75, 3.05) is 18.7 Å². The Kier molecular flexibility index (Phi) is 4.97. The van der Waals surface area contributed by atoms with Crippen molar-refractivity contribution in [1.82, 2.24) is 9.97 Å². The van der Waals surface area contributed by atoms with E-state index in [1.54, 1.807) is 0 Å². The Hall–Kier alpha value is -3.35. The van der Waals surface area contributed by atoms with E-state index in [1.807, 2.05) is 44.2 Å². The quantitative estimate of drug-likeness (QED) is 0.652. The number of esters is 1. The molecule has 0 aliphatic carbocycles. The van der Waals surface area contributed by atoms with Crippen LogP contribution >= 0.6 is 0 Å². The second-order valence-corrected chi connectivity index (χ2v) is 6.55. The van der Waals surface area contributed by atoms with Crippen molar-refractivity contribution in [2.45, 2.75) is 26.8 Å². The first-order valence-corrected chi connectivity index (χ1v) is 9.21. The van der Waals surface area contributed by atoms with Crippen LogP contribution in [0.4, 0.5) is 5.69 Å². The maximum atomic E-state index is 12.5. The minimum atomic E-state index is -0.398. The average molecular weight is 379 g/mol. The molecule has 1 N–H and O–H groups in total. The Labute approximate surface area is 162 Å². The summed E-state index contributed by atoms with van der Waals surface area (Å²) in [6.45, 7) is 4.96. The molecule has 0 bridgehead atoms. The van der Waals surface area contributed by atoms with Gasteiger partial charge in [0.15, 0.2) is 17.1 Å². The van der Waals surface area contributed by atoms with E-state index in [2.05, 4.69) is 15.3 Å². The Balaban J connectivity index is 1.67. The first-order valence-electron chi connectivity index (χ1n) is 9.21. The highest BCUT2D eigenvalue weighted by molar-refractivity contribution is 6.04. The summed E-state index contributed by atoms with van der Waals surface area (Å²) in [6.07, 6.45) is 2.28. The van der Waals surface area contributed by atoms with Crippen molar-refractivity contribution in [3.8, 4) is 11.5 Å². The lowest BCUT2D eigenvalue weighted by Crippen LogP contribution is -2.12. The van der Waals surface area contributed by atoms with Gasteiger partial charge in [-0.25, -0.2) is 14.8 Å². The summed E-state index contributed by atoms with van der Waals surface area (Å²) in [5.74, 6) is 1.06. The van der Waals surface area contributed by atoms with Crippen molar-refractivity contribution in [2.24, 2.45) is 0 Å². The molecule has 28 heavy (non-hydrogen) atoms. The maximum absolute atomic E-state index is 12.5. The van der Waals surface area contributed by atoms with Gasteiger partial charge in [-0.05, 0) is 43.2 Å². The lowest BCUT2D eigenvalue weighted by atomic mass is 10.1. The zero-order chi connectivity index (χ0) is 19.5. The molecule has 0 saturated carbocycles. The fraction of sp³-hybridized carbons (Fsp3) is 0.286. The Morgan fingerprint density at radius 3 is 2.93 bits per heavy atom. The zero-order valence-corrected chi connectivity index (χ0v) is 15.8. The number of pyridine rings is 2. The topological polar surface area (TPSA) is 82.6 Å². The number of rotatable bonds is 6. The maximum Gasteiger partial charge on any atom is 0.341 e. The van der Waals surface area contributed by atoms with Gasteiger partial charge in [0.05, 0.1) is 12.3 Å². The molecule has 0 saturated heterocycles. The molecular weight excluding hydrogens is 358 g/mol. The number of anilines is 1. The number of nitrogens with one attached hydrogen (secondary N) is 1. The average Bonchev–Trinajstić information content (AvgIpc) is 3.17. The van der Waals surface area contributed by atoms with Crippen molar-refractivity contribution < 1.29 is 19.0 Å². The van der Waals surface area contributed by atoms with E-state index in [1.165, 1.54) is 6.20 Å². The van der Waals surface area contributed by atoms with Crippen LogP contribution in [-0.2, 0) is 11.3 Å². The van der Waals surface area contributed by atoms with Gasteiger partial charge in [-0.3, -0.25) is 0 Å². The smallest absolute Gasteiger partial charge is 0.341 e. The molecule has 1 aromatic carbocycles. The van der Waals surface area contributed by atoms with Crippen LogP contribution < -0.4 is 14.8 Å². The van der Waals surface area contributed by atoms with E-state index in [0.717, 1.165) is 34.6 Å². The van der Waals surface area contributed by atoms with Crippen LogP contribution in [0.3, 0.4) is 0 Å². The molecule has 0 atom stereocenters. The van der Waals surface area contributed by atoms with Gasteiger partial charge in [0, 0.05) is 23.8 Å². The minimum Gasteiger partial charge on any atom is -0.462 e.